The molecule has 0 fully saturated rings. The quantitative estimate of drug-likeness (QED) is 0.171. The summed E-state index contributed by atoms with van der Waals surface area (Å²) in [5.74, 6) is -1.69. The molecule has 1 aliphatic heterocycles. The lowest BCUT2D eigenvalue weighted by molar-refractivity contribution is -0.138. The molecule has 4 aromatic rings. The molecule has 8 nitrogen and oxygen atoms in total. The van der Waals surface area contributed by atoms with E-state index in [1.165, 1.54) is 22.3 Å². The normalized spacial score (nSPS) is 12.3. The molecule has 0 radical (unpaired) electrons. The van der Waals surface area contributed by atoms with Gasteiger partial charge in [-0.3, -0.25) is 9.59 Å². The van der Waals surface area contributed by atoms with Gasteiger partial charge in [0, 0.05) is 57.0 Å². The van der Waals surface area contributed by atoms with Crippen LogP contribution in [-0.2, 0) is 35.3 Å². The smallest absolute Gasteiger partial charge is 0.303 e. The molecule has 6 N–H and O–H groups in total. The molecule has 0 amide bonds. The molecule has 42 heavy (non-hydrogen) atoms. The minimum atomic E-state index is -0.847. The number of hydrogen-bond acceptors (Lipinski definition) is 2. The summed E-state index contributed by atoms with van der Waals surface area (Å²) in [5, 5.41) is 22.8. The van der Waals surface area contributed by atoms with Crippen molar-refractivity contribution in [2.24, 2.45) is 0 Å². The van der Waals surface area contributed by atoms with E-state index < -0.39 is 11.9 Å². The third-order valence-corrected chi connectivity index (χ3v) is 8.84. The highest BCUT2D eigenvalue weighted by Crippen LogP contribution is 2.23. The van der Waals surface area contributed by atoms with Gasteiger partial charge in [-0.25, -0.2) is 0 Å². The van der Waals surface area contributed by atoms with Crippen LogP contribution in [0.1, 0.15) is 94.0 Å². The van der Waals surface area contributed by atoms with Gasteiger partial charge in [0.15, 0.2) is 0 Å². The van der Waals surface area contributed by atoms with Crippen LogP contribution in [-0.4, -0.2) is 42.1 Å². The van der Waals surface area contributed by atoms with E-state index in [1.54, 1.807) is 0 Å². The van der Waals surface area contributed by atoms with Crippen molar-refractivity contribution < 1.29 is 19.8 Å². The molecule has 5 heterocycles. The van der Waals surface area contributed by atoms with E-state index in [4.69, 9.17) is 0 Å². The first-order valence-corrected chi connectivity index (χ1v) is 14.7. The van der Waals surface area contributed by atoms with Crippen LogP contribution in [0.15, 0.2) is 0 Å². The largest absolute Gasteiger partial charge is 0.481 e. The summed E-state index contributed by atoms with van der Waals surface area (Å²) in [5.41, 5.74) is 12.6. The van der Waals surface area contributed by atoms with E-state index in [0.29, 0.717) is 12.8 Å². The Hall–Kier alpha value is -4.46. The number of aliphatic carboxylic acids is 2. The van der Waals surface area contributed by atoms with Crippen molar-refractivity contribution in [2.45, 2.75) is 80.1 Å². The van der Waals surface area contributed by atoms with Crippen LogP contribution >= 0.6 is 0 Å². The van der Waals surface area contributed by atoms with Crippen molar-refractivity contribution in [2.75, 3.05) is 0 Å². The number of carboxylic acids is 2. The Bertz CT molecular complexity index is 1960. The molecule has 0 unspecified atom stereocenters. The Morgan fingerprint density at radius 2 is 0.929 bits per heavy atom. The fourth-order valence-electron chi connectivity index (χ4n) is 6.38. The second-order valence-corrected chi connectivity index (χ2v) is 11.3. The van der Waals surface area contributed by atoms with Crippen molar-refractivity contribution in [3.05, 3.63) is 88.7 Å². The first-order valence-electron chi connectivity index (χ1n) is 14.7. The lowest BCUT2D eigenvalue weighted by Crippen LogP contribution is -2.14. The number of hydrogen-bond donors (Lipinski definition) is 6. The number of rotatable bonds is 8. The van der Waals surface area contributed by atoms with Crippen molar-refractivity contribution >= 4 is 36.2 Å². The van der Waals surface area contributed by atoms with Crippen LogP contribution in [0.2, 0.25) is 0 Å². The van der Waals surface area contributed by atoms with Gasteiger partial charge in [-0.2, -0.15) is 0 Å². The van der Waals surface area contributed by atoms with Gasteiger partial charge in [-0.05, 0) is 122 Å². The number of H-pyrrole nitrogens is 4. The van der Waals surface area contributed by atoms with E-state index >= 15 is 0 Å². The third kappa shape index (κ3) is 5.29. The zero-order chi connectivity index (χ0) is 30.3. The van der Waals surface area contributed by atoms with Crippen LogP contribution < -0.4 is 21.4 Å². The first-order chi connectivity index (χ1) is 20.0. The van der Waals surface area contributed by atoms with Gasteiger partial charge in [0.25, 0.3) is 0 Å². The highest BCUT2D eigenvalue weighted by atomic mass is 16.4. The number of nitrogens with one attached hydrogen (secondary N) is 4. The maximum absolute atomic E-state index is 11.6. The van der Waals surface area contributed by atoms with Crippen molar-refractivity contribution in [1.29, 1.82) is 0 Å². The molecule has 0 aromatic carbocycles. The van der Waals surface area contributed by atoms with E-state index in [0.717, 1.165) is 79.3 Å². The molecule has 0 atom stereocenters. The standard InChI is InChI=1S/C34H40N4O4/c1-7-21-17(3)25-13-26-19(5)23(9-11-33(39)40)31(37-26)16-32-24(10-12-34(41)42)20(6)28(38-32)15-30-22(8-2)18(4)27(36-30)14-29(21)35-25/h13-16,35-38H,7-12H2,1-6H3,(H,39,40)(H,41,42). The molecular formula is C34H40N4O4. The third-order valence-electron chi connectivity index (χ3n) is 8.84. The average molecular weight is 569 g/mol. The zero-order valence-corrected chi connectivity index (χ0v) is 25.3. The topological polar surface area (TPSA) is 138 Å². The summed E-state index contributed by atoms with van der Waals surface area (Å²) in [6.45, 7) is 12.7. The minimum Gasteiger partial charge on any atom is -0.481 e. The van der Waals surface area contributed by atoms with Gasteiger partial charge in [-0.15, -0.1) is 0 Å². The van der Waals surface area contributed by atoms with Crippen LogP contribution in [0.25, 0.3) is 24.3 Å². The van der Waals surface area contributed by atoms with Gasteiger partial charge in [0.05, 0.1) is 0 Å². The van der Waals surface area contributed by atoms with Crippen molar-refractivity contribution in [3.63, 3.8) is 0 Å². The average Bonchev–Trinajstić information content (AvgIpc) is 3.59. The Labute approximate surface area is 244 Å². The Kier molecular flexibility index (Phi) is 7.91. The van der Waals surface area contributed by atoms with Gasteiger partial charge < -0.3 is 30.1 Å². The number of carboxylic acid groups (broad SMARTS) is 2. The summed E-state index contributed by atoms with van der Waals surface area (Å²) in [7, 11) is 0. The molecule has 1 aliphatic rings. The number of fused-ring (bicyclic) bond motifs is 8. The van der Waals surface area contributed by atoms with Crippen LogP contribution in [0.4, 0.5) is 0 Å². The lowest BCUT2D eigenvalue weighted by Gasteiger charge is -2.01. The summed E-state index contributed by atoms with van der Waals surface area (Å²) in [6.07, 6.45) is 11.0. The molecule has 0 aliphatic carbocycles. The fraction of sp³-hybridized carbons (Fsp3) is 0.353. The minimum absolute atomic E-state index is 0.0162. The zero-order valence-electron chi connectivity index (χ0n) is 25.3. The Morgan fingerprint density at radius 1 is 0.524 bits per heavy atom. The SMILES string of the molecule is CCc1c2[nH]c(c1C)C=c1[nH]c(c(CCC(=O)O)c1C)=Cc1[nH]c(c(C)c1CCC(=O)O)C=c1[nH]c(c(C)c1CC)=C2. The molecule has 0 saturated heterocycles. The summed E-state index contributed by atoms with van der Waals surface area (Å²) in [4.78, 5) is 37.6. The predicted molar refractivity (Wildman–Crippen MR) is 166 cm³/mol. The van der Waals surface area contributed by atoms with Crippen LogP contribution in [0.5, 0.6) is 0 Å². The molecule has 8 heteroatoms. The van der Waals surface area contributed by atoms with Crippen LogP contribution in [0, 0.1) is 27.7 Å². The number of aromatic nitrogens is 4. The molecule has 220 valence electrons. The maximum atomic E-state index is 11.6. The maximum Gasteiger partial charge on any atom is 0.303 e. The van der Waals surface area contributed by atoms with Gasteiger partial charge in [0.2, 0.25) is 0 Å². The summed E-state index contributed by atoms with van der Waals surface area (Å²) in [6, 6.07) is 0. The molecule has 0 saturated carbocycles. The fourth-order valence-corrected chi connectivity index (χ4v) is 6.38. The molecule has 4 aromatic heterocycles. The van der Waals surface area contributed by atoms with E-state index in [-0.39, 0.29) is 12.8 Å². The van der Waals surface area contributed by atoms with E-state index in [1.807, 2.05) is 19.9 Å². The molecule has 0 spiro atoms. The molecular weight excluding hydrogens is 528 g/mol. The van der Waals surface area contributed by atoms with Crippen molar-refractivity contribution in [1.82, 2.24) is 19.9 Å². The predicted octanol–water partition coefficient (Wildman–Crippen LogP) is 3.02. The van der Waals surface area contributed by atoms with Gasteiger partial charge in [0.1, 0.15) is 0 Å². The number of carbonyl (C=O) groups is 2. The van der Waals surface area contributed by atoms with Gasteiger partial charge >= 0.3 is 11.9 Å². The summed E-state index contributed by atoms with van der Waals surface area (Å²) < 4.78 is 0. The highest BCUT2D eigenvalue weighted by molar-refractivity contribution is 5.70. The molecule has 5 rings (SSSR count). The van der Waals surface area contributed by atoms with Gasteiger partial charge in [-0.1, -0.05) is 13.8 Å². The monoisotopic (exact) mass is 568 g/mol. The lowest BCUT2D eigenvalue weighted by atomic mass is 10.0. The highest BCUT2D eigenvalue weighted by Gasteiger charge is 2.17. The van der Waals surface area contributed by atoms with E-state index in [2.05, 4.69) is 65.9 Å². The van der Waals surface area contributed by atoms with Crippen LogP contribution in [0.3, 0.4) is 0 Å². The summed E-state index contributed by atoms with van der Waals surface area (Å²) >= 11 is 0. The van der Waals surface area contributed by atoms with Crippen molar-refractivity contribution in [3.8, 4) is 0 Å². The number of aromatic amines is 4. The Morgan fingerprint density at radius 3 is 1.48 bits per heavy atom. The molecule has 8 bridgehead atoms. The van der Waals surface area contributed by atoms with E-state index in [9.17, 15) is 19.8 Å². The Balaban J connectivity index is 1.91. The second kappa shape index (κ2) is 11.4. The first kappa shape index (κ1) is 29.0. The second-order valence-electron chi connectivity index (χ2n) is 11.3.